The van der Waals surface area contributed by atoms with Gasteiger partial charge in [-0.1, -0.05) is 38.1 Å². The number of benzene rings is 1. The minimum Gasteiger partial charge on any atom is -0.319 e. The summed E-state index contributed by atoms with van der Waals surface area (Å²) in [5, 5.41) is 2.95. The lowest BCUT2D eigenvalue weighted by Crippen LogP contribution is -2.56. The molecule has 1 aromatic rings. The summed E-state index contributed by atoms with van der Waals surface area (Å²) in [7, 11) is 4.46. The molecule has 4 heteroatoms. The van der Waals surface area contributed by atoms with Crippen LogP contribution in [0.3, 0.4) is 0 Å². The third kappa shape index (κ3) is 3.59. The molecule has 8 atom stereocenters. The van der Waals surface area contributed by atoms with Gasteiger partial charge in [-0.3, -0.25) is 9.59 Å². The van der Waals surface area contributed by atoms with Gasteiger partial charge in [0.05, 0.1) is 5.70 Å². The average molecular weight is 463 g/mol. The highest BCUT2D eigenvalue weighted by Crippen LogP contribution is 2.67. The minimum atomic E-state index is -0.182. The zero-order valence-electron chi connectivity index (χ0n) is 21.6. The van der Waals surface area contributed by atoms with Gasteiger partial charge in [0.25, 0.3) is 5.91 Å². The van der Waals surface area contributed by atoms with Crippen LogP contribution in [0.1, 0.15) is 76.1 Å². The van der Waals surface area contributed by atoms with Crippen LogP contribution in [0.2, 0.25) is 0 Å². The minimum absolute atomic E-state index is 0.0214. The zero-order chi connectivity index (χ0) is 24.3. The van der Waals surface area contributed by atoms with E-state index in [4.69, 9.17) is 0 Å². The smallest absolute Gasteiger partial charge is 0.255 e. The summed E-state index contributed by atoms with van der Waals surface area (Å²) in [5.74, 6) is 2.92. The van der Waals surface area contributed by atoms with Crippen LogP contribution < -0.4 is 5.32 Å². The maximum absolute atomic E-state index is 13.6. The van der Waals surface area contributed by atoms with Gasteiger partial charge in [-0.15, -0.1) is 0 Å². The Morgan fingerprint density at radius 1 is 1.00 bits per heavy atom. The van der Waals surface area contributed by atoms with E-state index >= 15 is 0 Å². The molecule has 0 radical (unpaired) electrons. The molecule has 0 bridgehead atoms. The summed E-state index contributed by atoms with van der Waals surface area (Å²) in [6, 6.07) is 9.82. The second-order valence-corrected chi connectivity index (χ2v) is 12.5. The summed E-state index contributed by atoms with van der Waals surface area (Å²) in [6.07, 6.45) is 10.3. The first-order valence-corrected chi connectivity index (χ1v) is 13.4. The third-order valence-corrected chi connectivity index (χ3v) is 11.0. The van der Waals surface area contributed by atoms with Gasteiger partial charge in [0, 0.05) is 17.5 Å². The van der Waals surface area contributed by atoms with Crippen LogP contribution in [0, 0.1) is 40.4 Å². The fourth-order valence-electron chi connectivity index (χ4n) is 8.88. The van der Waals surface area contributed by atoms with E-state index in [9.17, 15) is 9.59 Å². The number of nitrogens with zero attached hydrogens (tertiary/aromatic N) is 1. The van der Waals surface area contributed by atoms with Crippen LogP contribution in [0.4, 0.5) is 0 Å². The lowest BCUT2D eigenvalue weighted by atomic mass is 9.45. The topological polar surface area (TPSA) is 49.4 Å². The first kappa shape index (κ1) is 23.8. The van der Waals surface area contributed by atoms with Crippen LogP contribution in [0.25, 0.3) is 0 Å². The van der Waals surface area contributed by atoms with Crippen LogP contribution in [-0.2, 0) is 4.79 Å². The van der Waals surface area contributed by atoms with E-state index in [1.165, 1.54) is 32.1 Å². The van der Waals surface area contributed by atoms with Gasteiger partial charge in [0.2, 0.25) is 0 Å². The van der Waals surface area contributed by atoms with E-state index < -0.39 is 0 Å². The number of hydrogen-bond donors (Lipinski definition) is 1. The van der Waals surface area contributed by atoms with Crippen molar-refractivity contribution in [3.63, 3.8) is 0 Å². The highest BCUT2D eigenvalue weighted by Gasteiger charge is 2.61. The van der Waals surface area contributed by atoms with Gasteiger partial charge >= 0.3 is 0 Å². The summed E-state index contributed by atoms with van der Waals surface area (Å²) in [4.78, 5) is 28.8. The number of carbonyl (C=O) groups is 2. The molecule has 1 aromatic carbocycles. The summed E-state index contributed by atoms with van der Waals surface area (Å²) in [6.45, 7) is 7.39. The maximum atomic E-state index is 13.6. The quantitative estimate of drug-likeness (QED) is 0.625. The van der Waals surface area contributed by atoms with E-state index in [1.807, 2.05) is 24.3 Å². The molecule has 1 amide bonds. The van der Waals surface area contributed by atoms with Gasteiger partial charge in [-0.25, -0.2) is 0 Å². The van der Waals surface area contributed by atoms with Crippen molar-refractivity contribution in [2.24, 2.45) is 40.4 Å². The predicted molar refractivity (Wildman–Crippen MR) is 136 cm³/mol. The number of amides is 1. The van der Waals surface area contributed by atoms with Crippen molar-refractivity contribution in [1.82, 2.24) is 10.2 Å². The molecule has 184 valence electrons. The van der Waals surface area contributed by atoms with Crippen molar-refractivity contribution >= 4 is 11.7 Å². The molecule has 4 aliphatic rings. The van der Waals surface area contributed by atoms with Crippen molar-refractivity contribution < 1.29 is 9.59 Å². The van der Waals surface area contributed by atoms with Crippen molar-refractivity contribution in [1.29, 1.82) is 0 Å². The fraction of sp³-hybridized carbons (Fsp3) is 0.667. The Kier molecular flexibility index (Phi) is 6.03. The Morgan fingerprint density at radius 2 is 1.71 bits per heavy atom. The molecule has 4 aliphatic carbocycles. The lowest BCUT2D eigenvalue weighted by Gasteiger charge is -2.60. The number of rotatable bonds is 4. The normalized spacial score (nSPS) is 40.1. The molecule has 0 spiro atoms. The number of fused-ring (bicyclic) bond motifs is 5. The van der Waals surface area contributed by atoms with Crippen molar-refractivity contribution in [3.8, 4) is 0 Å². The highest BCUT2D eigenvalue weighted by atomic mass is 16.2. The van der Waals surface area contributed by atoms with Crippen LogP contribution in [0.15, 0.2) is 42.1 Å². The van der Waals surface area contributed by atoms with E-state index in [1.54, 1.807) is 12.1 Å². The molecule has 1 N–H and O–H groups in total. The molecule has 34 heavy (non-hydrogen) atoms. The summed E-state index contributed by atoms with van der Waals surface area (Å²) >= 11 is 0. The standard InChI is InChI=1S/C30H42N2O2/c1-19(32(4)5)22-13-14-23-21-11-12-25-27(33)26(31-28(34)20-9-7-6-8-10-20)16-18-30(25,3)24(21)15-17-29(22,23)2/h6-10,16,19,21-25H,11-15,17-18H2,1-5H3,(H,31,34)/t19-,21-,22+,23-,24-,25-,29+,30+/m0/s1. The Balaban J connectivity index is 1.35. The van der Waals surface area contributed by atoms with Crippen molar-refractivity contribution in [2.75, 3.05) is 14.1 Å². The molecule has 5 rings (SSSR count). The Bertz CT molecular complexity index is 985. The van der Waals surface area contributed by atoms with Gasteiger partial charge in [-0.2, -0.15) is 0 Å². The largest absolute Gasteiger partial charge is 0.319 e. The SMILES string of the molecule is C[C@@H]([C@H]1CC[C@H]2[C@@H]3CC[C@H]4C(=O)C(NC(=O)c5ccccc5)=CC[C@]4(C)[C@H]3CC[C@]12C)N(C)C. The van der Waals surface area contributed by atoms with Crippen molar-refractivity contribution in [3.05, 3.63) is 47.7 Å². The molecule has 0 heterocycles. The van der Waals surface area contributed by atoms with Gasteiger partial charge < -0.3 is 10.2 Å². The van der Waals surface area contributed by atoms with Gasteiger partial charge in [-0.05, 0) is 113 Å². The molecule has 3 saturated carbocycles. The Hall–Kier alpha value is -1.94. The number of nitrogens with one attached hydrogen (secondary N) is 1. The average Bonchev–Trinajstić information content (AvgIpc) is 3.18. The van der Waals surface area contributed by atoms with Crippen molar-refractivity contribution in [2.45, 2.75) is 71.8 Å². The number of carbonyl (C=O) groups excluding carboxylic acids is 2. The van der Waals surface area contributed by atoms with Crippen LogP contribution >= 0.6 is 0 Å². The van der Waals surface area contributed by atoms with Gasteiger partial charge in [0.15, 0.2) is 5.78 Å². The molecule has 0 aliphatic heterocycles. The molecular weight excluding hydrogens is 420 g/mol. The number of hydrogen-bond acceptors (Lipinski definition) is 3. The van der Waals surface area contributed by atoms with Crippen LogP contribution in [-0.4, -0.2) is 36.7 Å². The maximum Gasteiger partial charge on any atom is 0.255 e. The second kappa shape index (κ2) is 8.62. The Labute approximate surface area is 205 Å². The van der Waals surface area contributed by atoms with E-state index in [0.29, 0.717) is 28.6 Å². The zero-order valence-corrected chi connectivity index (χ0v) is 21.6. The molecule has 0 aromatic heterocycles. The Morgan fingerprint density at radius 3 is 2.41 bits per heavy atom. The first-order chi connectivity index (χ1) is 16.2. The monoisotopic (exact) mass is 462 g/mol. The third-order valence-electron chi connectivity index (χ3n) is 11.0. The highest BCUT2D eigenvalue weighted by molar-refractivity contribution is 6.05. The first-order valence-electron chi connectivity index (χ1n) is 13.4. The number of ketones is 1. The summed E-state index contributed by atoms with van der Waals surface area (Å²) in [5.41, 5.74) is 1.57. The van der Waals surface area contributed by atoms with E-state index in [2.05, 4.69) is 45.1 Å². The summed E-state index contributed by atoms with van der Waals surface area (Å²) < 4.78 is 0. The van der Waals surface area contributed by atoms with E-state index in [0.717, 1.165) is 30.6 Å². The predicted octanol–water partition coefficient (Wildman–Crippen LogP) is 5.70. The molecule has 4 nitrogen and oxygen atoms in total. The van der Waals surface area contributed by atoms with Gasteiger partial charge in [0.1, 0.15) is 0 Å². The number of allylic oxidation sites excluding steroid dienone is 2. The molecular formula is C30H42N2O2. The van der Waals surface area contributed by atoms with Crippen LogP contribution in [0.5, 0.6) is 0 Å². The lowest BCUT2D eigenvalue weighted by molar-refractivity contribution is -0.140. The molecule has 0 saturated heterocycles. The molecule has 0 unspecified atom stereocenters. The second-order valence-electron chi connectivity index (χ2n) is 12.5. The fourth-order valence-corrected chi connectivity index (χ4v) is 8.88. The molecule has 3 fully saturated rings. The van der Waals surface area contributed by atoms with E-state index in [-0.39, 0.29) is 23.0 Å². The number of Topliss-reactive ketones (excluding diaryl/α,β-unsaturated/α-hetero) is 1.